The molecule has 2 rings (SSSR count). The Kier molecular flexibility index (Phi) is 7.74. The van der Waals surface area contributed by atoms with Crippen LogP contribution >= 0.6 is 0 Å². The number of aliphatic hydroxyl groups is 2. The number of imidazole rings is 1. The molecule has 0 aromatic carbocycles. The quantitative estimate of drug-likeness (QED) is 0.273. The highest BCUT2D eigenvalue weighted by molar-refractivity contribution is 7.96. The van der Waals surface area contributed by atoms with Crippen molar-refractivity contribution in [2.75, 3.05) is 36.7 Å². The minimum Gasteiger partial charge on any atom is -0.480 e. The van der Waals surface area contributed by atoms with Gasteiger partial charge in [-0.3, -0.25) is 9.36 Å². The predicted octanol–water partition coefficient (Wildman–Crippen LogP) is -1.67. The van der Waals surface area contributed by atoms with Crippen LogP contribution in [0.15, 0.2) is 12.7 Å². The minimum absolute atomic E-state index is 0.214. The average Bonchev–Trinajstić information content (AvgIpc) is 3.08. The lowest BCUT2D eigenvalue weighted by atomic mass is 10.2. The number of aliphatic carboxylic acids is 1. The molecule has 0 aliphatic carbocycles. The number of carbonyl (C=O) groups is 1. The Labute approximate surface area is 158 Å². The van der Waals surface area contributed by atoms with Gasteiger partial charge in [0.2, 0.25) is 0 Å². The summed E-state index contributed by atoms with van der Waals surface area (Å²) in [5.41, 5.74) is 12.1. The summed E-state index contributed by atoms with van der Waals surface area (Å²) in [5.74, 6) is 0.299. The van der Waals surface area contributed by atoms with Crippen molar-refractivity contribution in [1.82, 2.24) is 19.5 Å². The van der Waals surface area contributed by atoms with E-state index in [0.717, 1.165) is 0 Å². The Hall–Kier alpha value is -1.99. The average molecular weight is 401 g/mol. The van der Waals surface area contributed by atoms with E-state index >= 15 is 0 Å². The van der Waals surface area contributed by atoms with Crippen molar-refractivity contribution in [2.45, 2.75) is 24.8 Å². The zero-order valence-electron chi connectivity index (χ0n) is 14.9. The second-order valence-electron chi connectivity index (χ2n) is 6.05. The molecule has 0 bridgehead atoms. The Morgan fingerprint density at radius 1 is 1.33 bits per heavy atom. The van der Waals surface area contributed by atoms with Crippen molar-refractivity contribution in [1.29, 1.82) is 0 Å². The number of nitrogens with two attached hydrogens (primary N) is 2. The maximum Gasteiger partial charge on any atom is 0.320 e. The molecule has 0 saturated heterocycles. The van der Waals surface area contributed by atoms with E-state index in [1.54, 1.807) is 0 Å². The summed E-state index contributed by atoms with van der Waals surface area (Å²) in [6, 6.07) is -0.902. The van der Waals surface area contributed by atoms with Gasteiger partial charge >= 0.3 is 5.97 Å². The van der Waals surface area contributed by atoms with Gasteiger partial charge < -0.3 is 31.5 Å². The molecule has 0 radical (unpaired) electrons. The van der Waals surface area contributed by atoms with Gasteiger partial charge in [-0.15, -0.1) is 0 Å². The molecule has 11 nitrogen and oxygen atoms in total. The monoisotopic (exact) mass is 401 g/mol. The number of aliphatic hydroxyl groups excluding tert-OH is 2. The van der Waals surface area contributed by atoms with Crippen LogP contribution in [0.1, 0.15) is 12.6 Å². The van der Waals surface area contributed by atoms with Crippen LogP contribution in [0.4, 0.5) is 5.82 Å². The van der Waals surface area contributed by atoms with Crippen molar-refractivity contribution >= 4 is 33.8 Å². The van der Waals surface area contributed by atoms with E-state index in [-0.39, 0.29) is 29.9 Å². The van der Waals surface area contributed by atoms with E-state index in [1.165, 1.54) is 17.2 Å². The number of rotatable bonds is 11. The summed E-state index contributed by atoms with van der Waals surface area (Å²) in [7, 11) is -0.214. The molecule has 0 aliphatic rings. The SMILES string of the molecule is C[S+](CC[C@@H](N)C(=O)O)C[C@H](CO)O[C@H](CO)n1cnc2c(N)ncnc21. The second-order valence-corrected chi connectivity index (χ2v) is 8.35. The van der Waals surface area contributed by atoms with E-state index in [0.29, 0.717) is 29.1 Å². The fourth-order valence-electron chi connectivity index (χ4n) is 2.49. The fraction of sp³-hybridized carbons (Fsp3) is 0.600. The predicted molar refractivity (Wildman–Crippen MR) is 101 cm³/mol. The summed E-state index contributed by atoms with van der Waals surface area (Å²) in [5, 5.41) is 28.2. The molecule has 2 aromatic heterocycles. The third-order valence-corrected chi connectivity index (χ3v) is 5.85. The van der Waals surface area contributed by atoms with Crippen LogP contribution in [0.25, 0.3) is 11.2 Å². The number of aromatic nitrogens is 4. The van der Waals surface area contributed by atoms with E-state index < -0.39 is 24.3 Å². The van der Waals surface area contributed by atoms with Gasteiger partial charge in [0.1, 0.15) is 35.5 Å². The van der Waals surface area contributed by atoms with Crippen LogP contribution < -0.4 is 11.5 Å². The largest absolute Gasteiger partial charge is 0.480 e. The van der Waals surface area contributed by atoms with E-state index in [2.05, 4.69) is 15.0 Å². The van der Waals surface area contributed by atoms with Gasteiger partial charge in [0.05, 0.1) is 25.8 Å². The molecule has 2 heterocycles. The molecule has 0 aliphatic heterocycles. The van der Waals surface area contributed by atoms with Crippen molar-refractivity contribution < 1.29 is 24.9 Å². The Morgan fingerprint density at radius 2 is 2.07 bits per heavy atom. The van der Waals surface area contributed by atoms with Crippen LogP contribution in [-0.4, -0.2) is 83.9 Å². The number of hydrogen-bond acceptors (Lipinski definition) is 9. The molecule has 1 unspecified atom stereocenters. The van der Waals surface area contributed by atoms with Crippen LogP contribution in [0, 0.1) is 0 Å². The number of ether oxygens (including phenoxy) is 1. The van der Waals surface area contributed by atoms with Gasteiger partial charge in [0.15, 0.2) is 17.7 Å². The third kappa shape index (κ3) is 5.49. The summed E-state index contributed by atoms with van der Waals surface area (Å²) in [4.78, 5) is 22.9. The van der Waals surface area contributed by atoms with Crippen LogP contribution in [0.2, 0.25) is 0 Å². The number of anilines is 1. The van der Waals surface area contributed by atoms with Crippen molar-refractivity contribution in [3.05, 3.63) is 12.7 Å². The molecule has 4 atom stereocenters. The zero-order chi connectivity index (χ0) is 20.0. The van der Waals surface area contributed by atoms with Gasteiger partial charge in [-0.1, -0.05) is 0 Å². The molecule has 2 aromatic rings. The lowest BCUT2D eigenvalue weighted by Gasteiger charge is -2.23. The smallest absolute Gasteiger partial charge is 0.320 e. The normalized spacial score (nSPS) is 16.1. The zero-order valence-corrected chi connectivity index (χ0v) is 15.7. The van der Waals surface area contributed by atoms with Crippen molar-refractivity contribution in [3.8, 4) is 0 Å². The molecule has 0 amide bonds. The third-order valence-electron chi connectivity index (χ3n) is 3.97. The first-order valence-corrected chi connectivity index (χ1v) is 10.2. The van der Waals surface area contributed by atoms with E-state index in [9.17, 15) is 15.0 Å². The number of fused-ring (bicyclic) bond motifs is 1. The number of carboxylic acid groups (broad SMARTS) is 1. The molecule has 0 spiro atoms. The maximum absolute atomic E-state index is 10.8. The van der Waals surface area contributed by atoms with Crippen molar-refractivity contribution in [3.63, 3.8) is 0 Å². The summed E-state index contributed by atoms with van der Waals surface area (Å²) in [6.45, 7) is -0.601. The van der Waals surface area contributed by atoms with Crippen LogP contribution in [0.5, 0.6) is 0 Å². The van der Waals surface area contributed by atoms with E-state index in [4.69, 9.17) is 21.3 Å². The molecular formula is C15H25N6O5S+. The lowest BCUT2D eigenvalue weighted by Crippen LogP contribution is -2.35. The van der Waals surface area contributed by atoms with Gasteiger partial charge in [-0.2, -0.15) is 0 Å². The van der Waals surface area contributed by atoms with Gasteiger partial charge in [0, 0.05) is 6.42 Å². The van der Waals surface area contributed by atoms with Gasteiger partial charge in [0.25, 0.3) is 0 Å². The first-order chi connectivity index (χ1) is 12.9. The summed E-state index contributed by atoms with van der Waals surface area (Å²) in [6.07, 6.45) is 3.69. The highest BCUT2D eigenvalue weighted by atomic mass is 32.2. The molecule has 0 saturated carbocycles. The molecule has 0 fully saturated rings. The fourth-order valence-corrected chi connectivity index (χ4v) is 4.13. The standard InChI is InChI=1S/C15H24N6O5S/c1-27(3-2-10(16)15(24)25)6-9(4-22)26-11(5-23)21-8-20-12-13(17)18-7-19-14(12)21/h7-11,22-23H,2-6,16H2,1H3,(H2-,17,18,19,24,25)/p+1/t9-,10+,11+,27?/m0/s1. The molecule has 27 heavy (non-hydrogen) atoms. The van der Waals surface area contributed by atoms with Gasteiger partial charge in [-0.25, -0.2) is 15.0 Å². The molecular weight excluding hydrogens is 376 g/mol. The van der Waals surface area contributed by atoms with Crippen LogP contribution in [0.3, 0.4) is 0 Å². The Bertz CT molecular complexity index is 759. The van der Waals surface area contributed by atoms with Gasteiger partial charge in [-0.05, 0) is 10.9 Å². The number of hydrogen-bond donors (Lipinski definition) is 5. The Balaban J connectivity index is 2.02. The highest BCUT2D eigenvalue weighted by Crippen LogP contribution is 2.21. The number of nitrogens with zero attached hydrogens (tertiary/aromatic N) is 4. The summed E-state index contributed by atoms with van der Waals surface area (Å²) < 4.78 is 7.38. The van der Waals surface area contributed by atoms with Crippen molar-refractivity contribution in [2.24, 2.45) is 5.73 Å². The maximum atomic E-state index is 10.8. The lowest BCUT2D eigenvalue weighted by molar-refractivity contribution is -0.138. The molecule has 150 valence electrons. The minimum atomic E-state index is -1.03. The number of carboxylic acids is 1. The summed E-state index contributed by atoms with van der Waals surface area (Å²) >= 11 is 0. The molecule has 12 heteroatoms. The first-order valence-electron chi connectivity index (χ1n) is 8.25. The van der Waals surface area contributed by atoms with E-state index in [1.807, 2.05) is 6.26 Å². The Morgan fingerprint density at radius 3 is 2.70 bits per heavy atom. The van der Waals surface area contributed by atoms with Crippen LogP contribution in [-0.2, 0) is 20.4 Å². The first kappa shape index (κ1) is 21.3. The highest BCUT2D eigenvalue weighted by Gasteiger charge is 2.26. The topological polar surface area (TPSA) is 183 Å². The molecule has 7 N–H and O–H groups in total. The second kappa shape index (κ2) is 9.80. The number of nitrogen functional groups attached to an aromatic ring is 1.